The number of hydrogen-bond donors (Lipinski definition) is 0. The molecule has 0 radical (unpaired) electrons. The van der Waals surface area contributed by atoms with Crippen molar-refractivity contribution in [2.24, 2.45) is 0 Å². The van der Waals surface area contributed by atoms with Gasteiger partial charge in [0.15, 0.2) is 0 Å². The summed E-state index contributed by atoms with van der Waals surface area (Å²) in [5.74, 6) is 0. The Kier molecular flexibility index (Phi) is 6.80. The third-order valence-corrected chi connectivity index (χ3v) is 1.72. The minimum atomic E-state index is -0.534. The SMILES string of the molecule is C=CCN(CC=C)N(CC=C)C(=O)Cl. The number of rotatable bonds is 7. The van der Waals surface area contributed by atoms with Crippen molar-refractivity contribution in [3.05, 3.63) is 38.0 Å². The Labute approximate surface area is 89.9 Å². The molecule has 0 saturated heterocycles. The fraction of sp³-hybridized carbons (Fsp3) is 0.300. The number of hydrazine groups is 1. The zero-order valence-electron chi connectivity index (χ0n) is 8.16. The normalized spacial score (nSPS) is 9.57. The zero-order chi connectivity index (χ0) is 11.0. The Hall–Kier alpha value is -1.06. The third kappa shape index (κ3) is 4.25. The van der Waals surface area contributed by atoms with E-state index in [1.165, 1.54) is 5.01 Å². The second-order valence-corrected chi connectivity index (χ2v) is 2.90. The van der Waals surface area contributed by atoms with Gasteiger partial charge in [0.25, 0.3) is 0 Å². The highest BCUT2D eigenvalue weighted by molar-refractivity contribution is 6.62. The molecule has 14 heavy (non-hydrogen) atoms. The minimum absolute atomic E-state index is 0.379. The molecule has 0 aromatic carbocycles. The van der Waals surface area contributed by atoms with Gasteiger partial charge in [-0.3, -0.25) is 9.80 Å². The Morgan fingerprint density at radius 1 is 1.07 bits per heavy atom. The van der Waals surface area contributed by atoms with Crippen LogP contribution in [0, 0.1) is 0 Å². The first kappa shape index (κ1) is 12.9. The van der Waals surface area contributed by atoms with Crippen LogP contribution in [0.1, 0.15) is 0 Å². The molecule has 0 N–H and O–H groups in total. The van der Waals surface area contributed by atoms with Crippen LogP contribution in [0.5, 0.6) is 0 Å². The van der Waals surface area contributed by atoms with Gasteiger partial charge in [-0.05, 0) is 11.6 Å². The first-order valence-electron chi connectivity index (χ1n) is 4.21. The van der Waals surface area contributed by atoms with E-state index < -0.39 is 5.37 Å². The largest absolute Gasteiger partial charge is 0.331 e. The van der Waals surface area contributed by atoms with Gasteiger partial charge in [-0.25, -0.2) is 5.01 Å². The summed E-state index contributed by atoms with van der Waals surface area (Å²) in [6.45, 7) is 12.2. The third-order valence-electron chi connectivity index (χ3n) is 1.53. The molecule has 0 aliphatic heterocycles. The van der Waals surface area contributed by atoms with E-state index in [2.05, 4.69) is 19.7 Å². The van der Waals surface area contributed by atoms with Crippen LogP contribution in [-0.2, 0) is 0 Å². The first-order chi connectivity index (χ1) is 6.67. The number of halogens is 1. The molecule has 1 amide bonds. The van der Waals surface area contributed by atoms with Crippen molar-refractivity contribution in [2.45, 2.75) is 0 Å². The molecule has 0 spiro atoms. The van der Waals surface area contributed by atoms with E-state index in [9.17, 15) is 4.79 Å². The van der Waals surface area contributed by atoms with E-state index in [0.29, 0.717) is 19.6 Å². The van der Waals surface area contributed by atoms with Crippen LogP contribution in [0.3, 0.4) is 0 Å². The molecule has 3 nitrogen and oxygen atoms in total. The van der Waals surface area contributed by atoms with Crippen molar-refractivity contribution in [3.63, 3.8) is 0 Å². The van der Waals surface area contributed by atoms with Gasteiger partial charge in [0, 0.05) is 13.1 Å². The molecular weight excluding hydrogens is 200 g/mol. The van der Waals surface area contributed by atoms with Gasteiger partial charge in [0.1, 0.15) is 0 Å². The Morgan fingerprint density at radius 2 is 1.50 bits per heavy atom. The predicted molar refractivity (Wildman–Crippen MR) is 60.1 cm³/mol. The van der Waals surface area contributed by atoms with Gasteiger partial charge in [0.05, 0.1) is 6.54 Å². The average molecular weight is 215 g/mol. The molecule has 0 saturated carbocycles. The maximum atomic E-state index is 11.1. The van der Waals surface area contributed by atoms with Crippen LogP contribution < -0.4 is 0 Å². The monoisotopic (exact) mass is 214 g/mol. The summed E-state index contributed by atoms with van der Waals surface area (Å²) in [4.78, 5) is 11.1. The lowest BCUT2D eigenvalue weighted by atomic mass is 10.5. The van der Waals surface area contributed by atoms with E-state index in [4.69, 9.17) is 11.6 Å². The van der Waals surface area contributed by atoms with Crippen LogP contribution >= 0.6 is 11.6 Å². The van der Waals surface area contributed by atoms with Crippen LogP contribution in [0.4, 0.5) is 4.79 Å². The molecule has 0 aliphatic carbocycles. The Bertz CT molecular complexity index is 218. The van der Waals surface area contributed by atoms with Gasteiger partial charge in [-0.2, -0.15) is 0 Å². The topological polar surface area (TPSA) is 23.6 Å². The lowest BCUT2D eigenvalue weighted by molar-refractivity contribution is 0.0587. The van der Waals surface area contributed by atoms with Crippen LogP contribution in [0.25, 0.3) is 0 Å². The van der Waals surface area contributed by atoms with Crippen LogP contribution in [0.2, 0.25) is 0 Å². The van der Waals surface area contributed by atoms with E-state index >= 15 is 0 Å². The van der Waals surface area contributed by atoms with E-state index in [-0.39, 0.29) is 0 Å². The summed E-state index contributed by atoms with van der Waals surface area (Å²) < 4.78 is 0. The summed E-state index contributed by atoms with van der Waals surface area (Å²) in [7, 11) is 0. The zero-order valence-corrected chi connectivity index (χ0v) is 8.91. The number of hydrogen-bond acceptors (Lipinski definition) is 2. The molecule has 0 aliphatic rings. The average Bonchev–Trinajstić information content (AvgIpc) is 2.13. The fourth-order valence-corrected chi connectivity index (χ4v) is 1.17. The maximum absolute atomic E-state index is 11.1. The molecule has 0 unspecified atom stereocenters. The molecular formula is C10H15ClN2O. The first-order valence-corrected chi connectivity index (χ1v) is 4.59. The van der Waals surface area contributed by atoms with Crippen molar-refractivity contribution in [3.8, 4) is 0 Å². The van der Waals surface area contributed by atoms with Crippen molar-refractivity contribution in [1.82, 2.24) is 10.0 Å². The van der Waals surface area contributed by atoms with Gasteiger partial charge in [0.2, 0.25) is 0 Å². The highest BCUT2D eigenvalue weighted by Crippen LogP contribution is 2.03. The lowest BCUT2D eigenvalue weighted by Crippen LogP contribution is -2.44. The Morgan fingerprint density at radius 3 is 1.79 bits per heavy atom. The molecule has 4 heteroatoms. The quantitative estimate of drug-likeness (QED) is 0.281. The predicted octanol–water partition coefficient (Wildman–Crippen LogP) is 2.42. The van der Waals surface area contributed by atoms with E-state index in [0.717, 1.165) is 0 Å². The molecule has 0 aromatic rings. The number of nitrogens with zero attached hydrogens (tertiary/aromatic N) is 2. The van der Waals surface area contributed by atoms with E-state index in [1.54, 1.807) is 23.2 Å². The fourth-order valence-electron chi connectivity index (χ4n) is 0.990. The summed E-state index contributed by atoms with van der Waals surface area (Å²) in [6, 6.07) is 0. The Balaban J connectivity index is 4.50. The molecule has 0 bridgehead atoms. The standard InChI is InChI=1S/C10H15ClN2O/c1-4-7-12(8-5-2)13(9-6-3)10(11)14/h4-6H,1-3,7-9H2. The second-order valence-electron chi connectivity index (χ2n) is 2.57. The summed E-state index contributed by atoms with van der Waals surface area (Å²) in [6.07, 6.45) is 5.00. The summed E-state index contributed by atoms with van der Waals surface area (Å²) >= 11 is 5.42. The number of amides is 1. The summed E-state index contributed by atoms with van der Waals surface area (Å²) in [5, 5.41) is 2.59. The molecule has 0 rings (SSSR count). The van der Waals surface area contributed by atoms with Gasteiger partial charge in [-0.15, -0.1) is 19.7 Å². The highest BCUT2D eigenvalue weighted by Gasteiger charge is 2.15. The van der Waals surface area contributed by atoms with Crippen molar-refractivity contribution in [1.29, 1.82) is 0 Å². The van der Waals surface area contributed by atoms with Crippen molar-refractivity contribution < 1.29 is 4.79 Å². The number of carbonyl (C=O) groups is 1. The molecule has 0 fully saturated rings. The van der Waals surface area contributed by atoms with Crippen LogP contribution in [0.15, 0.2) is 38.0 Å². The maximum Gasteiger partial charge on any atom is 0.331 e. The smallest absolute Gasteiger partial charge is 0.257 e. The van der Waals surface area contributed by atoms with E-state index in [1.807, 2.05) is 0 Å². The van der Waals surface area contributed by atoms with Gasteiger partial charge >= 0.3 is 5.37 Å². The van der Waals surface area contributed by atoms with Crippen molar-refractivity contribution >= 4 is 17.0 Å². The van der Waals surface area contributed by atoms with Crippen molar-refractivity contribution in [2.75, 3.05) is 19.6 Å². The highest BCUT2D eigenvalue weighted by atomic mass is 35.5. The lowest BCUT2D eigenvalue weighted by Gasteiger charge is -2.30. The second kappa shape index (κ2) is 7.35. The number of carbonyl (C=O) groups excluding carboxylic acids is 1. The summed E-state index contributed by atoms with van der Waals surface area (Å²) in [5.41, 5.74) is 0. The van der Waals surface area contributed by atoms with Gasteiger partial charge < -0.3 is 0 Å². The molecule has 0 heterocycles. The van der Waals surface area contributed by atoms with Gasteiger partial charge in [-0.1, -0.05) is 18.2 Å². The molecule has 78 valence electrons. The van der Waals surface area contributed by atoms with Crippen LogP contribution in [-0.4, -0.2) is 35.0 Å². The molecule has 0 aromatic heterocycles. The molecule has 0 atom stereocenters. The minimum Gasteiger partial charge on any atom is -0.257 e.